The molecule has 1 aliphatic heterocycles. The van der Waals surface area contributed by atoms with Gasteiger partial charge in [-0.15, -0.1) is 0 Å². The summed E-state index contributed by atoms with van der Waals surface area (Å²) in [6.45, 7) is 8.98. The van der Waals surface area contributed by atoms with Gasteiger partial charge >= 0.3 is 0 Å². The van der Waals surface area contributed by atoms with E-state index in [1.165, 1.54) is 5.56 Å². The van der Waals surface area contributed by atoms with Crippen LogP contribution < -0.4 is 10.1 Å². The van der Waals surface area contributed by atoms with E-state index in [0.29, 0.717) is 0 Å². The predicted molar refractivity (Wildman–Crippen MR) is 77.5 cm³/mol. The Balaban J connectivity index is 1.91. The number of hydrogen-bond donors (Lipinski definition) is 1. The molecule has 0 saturated carbocycles. The molecule has 0 bridgehead atoms. The Labute approximate surface area is 116 Å². The Hall–Kier alpha value is -1.06. The van der Waals surface area contributed by atoms with Crippen molar-refractivity contribution in [3.05, 3.63) is 29.8 Å². The van der Waals surface area contributed by atoms with Gasteiger partial charge in [0, 0.05) is 25.3 Å². The lowest BCUT2D eigenvalue weighted by Gasteiger charge is -2.34. The molecule has 1 fully saturated rings. The van der Waals surface area contributed by atoms with Crippen molar-refractivity contribution in [3.8, 4) is 5.75 Å². The summed E-state index contributed by atoms with van der Waals surface area (Å²) in [4.78, 5) is 0. The summed E-state index contributed by atoms with van der Waals surface area (Å²) < 4.78 is 11.1. The summed E-state index contributed by atoms with van der Waals surface area (Å²) in [6.07, 6.45) is 2.38. The van der Waals surface area contributed by atoms with Crippen molar-refractivity contribution < 1.29 is 9.47 Å². The average Bonchev–Trinajstić information content (AvgIpc) is 2.37. The Morgan fingerprint density at radius 3 is 2.74 bits per heavy atom. The average molecular weight is 263 g/mol. The molecule has 2 rings (SSSR count). The number of nitrogens with one attached hydrogen (secondary N) is 1. The van der Waals surface area contributed by atoms with Crippen LogP contribution >= 0.6 is 0 Å². The minimum absolute atomic E-state index is 0.202. The summed E-state index contributed by atoms with van der Waals surface area (Å²) in [5, 5.41) is 3.66. The zero-order valence-corrected chi connectivity index (χ0v) is 12.2. The number of rotatable bonds is 5. The monoisotopic (exact) mass is 263 g/mol. The van der Waals surface area contributed by atoms with Gasteiger partial charge in [-0.1, -0.05) is 12.1 Å². The number of ether oxygens (including phenoxy) is 2. The van der Waals surface area contributed by atoms with Crippen LogP contribution in [0, 0.1) is 0 Å². The molecule has 0 spiro atoms. The fourth-order valence-corrected chi connectivity index (χ4v) is 2.32. The molecule has 3 nitrogen and oxygen atoms in total. The fraction of sp³-hybridized carbons (Fsp3) is 0.625. The number of hydrogen-bond acceptors (Lipinski definition) is 3. The van der Waals surface area contributed by atoms with E-state index < -0.39 is 0 Å². The van der Waals surface area contributed by atoms with Crippen LogP contribution in [0.4, 0.5) is 0 Å². The van der Waals surface area contributed by atoms with Crippen LogP contribution in [0.3, 0.4) is 0 Å². The van der Waals surface area contributed by atoms with Gasteiger partial charge in [0.25, 0.3) is 0 Å². The lowest BCUT2D eigenvalue weighted by atomic mass is 9.92. The van der Waals surface area contributed by atoms with E-state index in [9.17, 15) is 0 Å². The van der Waals surface area contributed by atoms with Crippen LogP contribution in [-0.4, -0.2) is 24.9 Å². The van der Waals surface area contributed by atoms with Crippen LogP contribution in [0.2, 0.25) is 0 Å². The van der Waals surface area contributed by atoms with Gasteiger partial charge in [0.2, 0.25) is 0 Å². The Morgan fingerprint density at radius 2 is 2.05 bits per heavy atom. The lowest BCUT2D eigenvalue weighted by Crippen LogP contribution is -2.46. The molecule has 0 aliphatic carbocycles. The van der Waals surface area contributed by atoms with Gasteiger partial charge < -0.3 is 14.8 Å². The van der Waals surface area contributed by atoms with Gasteiger partial charge in [0.05, 0.1) is 6.10 Å². The molecule has 106 valence electrons. The first kappa shape index (κ1) is 14.4. The van der Waals surface area contributed by atoms with Crippen molar-refractivity contribution in [3.63, 3.8) is 0 Å². The summed E-state index contributed by atoms with van der Waals surface area (Å²) in [6, 6.07) is 8.33. The zero-order valence-electron chi connectivity index (χ0n) is 12.2. The number of benzene rings is 1. The Kier molecular flexibility index (Phi) is 4.83. The van der Waals surface area contributed by atoms with Gasteiger partial charge in [-0.25, -0.2) is 0 Å². The van der Waals surface area contributed by atoms with Gasteiger partial charge in [0.15, 0.2) is 0 Å². The Morgan fingerprint density at radius 1 is 1.32 bits per heavy atom. The van der Waals surface area contributed by atoms with E-state index in [-0.39, 0.29) is 11.6 Å². The topological polar surface area (TPSA) is 30.5 Å². The van der Waals surface area contributed by atoms with Crippen LogP contribution in [0.25, 0.3) is 0 Å². The first-order valence-corrected chi connectivity index (χ1v) is 7.16. The van der Waals surface area contributed by atoms with E-state index in [0.717, 1.165) is 38.3 Å². The highest BCUT2D eigenvalue weighted by atomic mass is 16.5. The molecule has 0 radical (unpaired) electrons. The first-order chi connectivity index (χ1) is 9.07. The predicted octanol–water partition coefficient (Wildman–Crippen LogP) is 3.13. The van der Waals surface area contributed by atoms with Gasteiger partial charge in [-0.05, 0) is 51.3 Å². The van der Waals surface area contributed by atoms with E-state index in [1.54, 1.807) is 0 Å². The molecular weight excluding hydrogens is 238 g/mol. The highest BCUT2D eigenvalue weighted by Gasteiger charge is 2.26. The normalized spacial score (nSPS) is 18.5. The Bertz CT molecular complexity index is 397. The molecule has 1 saturated heterocycles. The molecule has 1 aromatic carbocycles. The van der Waals surface area contributed by atoms with Crippen molar-refractivity contribution in [2.24, 2.45) is 0 Å². The second-order valence-corrected chi connectivity index (χ2v) is 5.84. The van der Waals surface area contributed by atoms with Crippen molar-refractivity contribution in [1.82, 2.24) is 5.32 Å². The maximum atomic E-state index is 5.72. The lowest BCUT2D eigenvalue weighted by molar-refractivity contribution is 0.0446. The third-order valence-corrected chi connectivity index (χ3v) is 3.59. The molecule has 1 aliphatic rings. The van der Waals surface area contributed by atoms with Crippen LogP contribution in [-0.2, 0) is 11.3 Å². The minimum atomic E-state index is 0.202. The quantitative estimate of drug-likeness (QED) is 0.885. The molecule has 0 unspecified atom stereocenters. The summed E-state index contributed by atoms with van der Waals surface area (Å²) >= 11 is 0. The van der Waals surface area contributed by atoms with E-state index in [1.807, 2.05) is 19.9 Å². The molecule has 0 aromatic heterocycles. The highest BCUT2D eigenvalue weighted by molar-refractivity contribution is 5.28. The maximum Gasteiger partial charge on any atom is 0.120 e. The zero-order chi connectivity index (χ0) is 13.7. The van der Waals surface area contributed by atoms with Crippen molar-refractivity contribution >= 4 is 0 Å². The molecule has 1 aromatic rings. The second-order valence-electron chi connectivity index (χ2n) is 5.84. The van der Waals surface area contributed by atoms with Crippen LogP contribution in [0.1, 0.15) is 39.2 Å². The molecular formula is C16H25NO2. The standard InChI is InChI=1S/C16H25NO2/c1-13(2)19-15-6-4-5-14(11-15)12-17-16(3)7-9-18-10-8-16/h4-6,11,13,17H,7-10,12H2,1-3H3. The van der Waals surface area contributed by atoms with Gasteiger partial charge in [-0.2, -0.15) is 0 Å². The largest absolute Gasteiger partial charge is 0.491 e. The van der Waals surface area contributed by atoms with Crippen LogP contribution in [0.5, 0.6) is 5.75 Å². The van der Waals surface area contributed by atoms with Crippen LogP contribution in [0.15, 0.2) is 24.3 Å². The van der Waals surface area contributed by atoms with E-state index in [4.69, 9.17) is 9.47 Å². The minimum Gasteiger partial charge on any atom is -0.491 e. The van der Waals surface area contributed by atoms with Crippen molar-refractivity contribution in [2.45, 2.75) is 51.8 Å². The highest BCUT2D eigenvalue weighted by Crippen LogP contribution is 2.21. The van der Waals surface area contributed by atoms with E-state index in [2.05, 4.69) is 30.4 Å². The summed E-state index contributed by atoms with van der Waals surface area (Å²) in [5.41, 5.74) is 1.47. The second kappa shape index (κ2) is 6.40. The molecule has 0 amide bonds. The maximum absolute atomic E-state index is 5.72. The third kappa shape index (κ3) is 4.51. The molecule has 0 atom stereocenters. The molecule has 19 heavy (non-hydrogen) atoms. The third-order valence-electron chi connectivity index (χ3n) is 3.59. The van der Waals surface area contributed by atoms with Gasteiger partial charge in [0.1, 0.15) is 5.75 Å². The van der Waals surface area contributed by atoms with Gasteiger partial charge in [-0.3, -0.25) is 0 Å². The molecule has 3 heteroatoms. The molecule has 1 N–H and O–H groups in total. The smallest absolute Gasteiger partial charge is 0.120 e. The summed E-state index contributed by atoms with van der Waals surface area (Å²) in [5.74, 6) is 0.950. The van der Waals surface area contributed by atoms with E-state index >= 15 is 0 Å². The SMILES string of the molecule is CC(C)Oc1cccc(CNC2(C)CCOCC2)c1. The summed E-state index contributed by atoms with van der Waals surface area (Å²) in [7, 11) is 0. The van der Waals surface area contributed by atoms with Crippen molar-refractivity contribution in [1.29, 1.82) is 0 Å². The molecule has 1 heterocycles. The first-order valence-electron chi connectivity index (χ1n) is 7.16. The van der Waals surface area contributed by atoms with Crippen molar-refractivity contribution in [2.75, 3.05) is 13.2 Å². The fourth-order valence-electron chi connectivity index (χ4n) is 2.32.